The van der Waals surface area contributed by atoms with Crippen molar-refractivity contribution < 1.29 is 23.1 Å². The predicted molar refractivity (Wildman–Crippen MR) is 67.5 cm³/mol. The maximum absolute atomic E-state index is 12.0. The third-order valence-electron chi connectivity index (χ3n) is 2.92. The van der Waals surface area contributed by atoms with Gasteiger partial charge in [-0.05, 0) is 37.1 Å². The summed E-state index contributed by atoms with van der Waals surface area (Å²) in [6, 6.07) is 5.72. The average molecular weight is 285 g/mol. The topological polar surface area (TPSA) is 92.7 Å². The second kappa shape index (κ2) is 5.58. The summed E-state index contributed by atoms with van der Waals surface area (Å²) < 4.78 is 31.5. The molecule has 1 aliphatic carbocycles. The van der Waals surface area contributed by atoms with Gasteiger partial charge in [-0.2, -0.15) is 0 Å². The van der Waals surface area contributed by atoms with E-state index in [9.17, 15) is 13.2 Å². The molecule has 1 fully saturated rings. The van der Waals surface area contributed by atoms with Crippen LogP contribution < -0.4 is 9.46 Å². The lowest BCUT2D eigenvalue weighted by molar-refractivity contribution is -0.139. The Balaban J connectivity index is 2.02. The summed E-state index contributed by atoms with van der Waals surface area (Å²) in [4.78, 5) is 10.5. The largest absolute Gasteiger partial charge is 0.482 e. The van der Waals surface area contributed by atoms with Crippen LogP contribution in [-0.4, -0.2) is 32.1 Å². The molecule has 7 heteroatoms. The Kier molecular flexibility index (Phi) is 4.06. The van der Waals surface area contributed by atoms with E-state index in [0.29, 0.717) is 5.75 Å². The van der Waals surface area contributed by atoms with Crippen molar-refractivity contribution in [2.24, 2.45) is 0 Å². The monoisotopic (exact) mass is 285 g/mol. The highest BCUT2D eigenvalue weighted by molar-refractivity contribution is 7.89. The molecule has 0 aliphatic heterocycles. The van der Waals surface area contributed by atoms with Crippen molar-refractivity contribution in [2.45, 2.75) is 30.2 Å². The molecule has 104 valence electrons. The fourth-order valence-electron chi connectivity index (χ4n) is 1.67. The first kappa shape index (κ1) is 13.8. The first-order valence-electron chi connectivity index (χ1n) is 5.94. The molecule has 0 amide bonds. The van der Waals surface area contributed by atoms with Crippen LogP contribution in [0.3, 0.4) is 0 Å². The Bertz CT molecular complexity index is 548. The number of ether oxygens (including phenoxy) is 1. The van der Waals surface area contributed by atoms with Gasteiger partial charge in [0.25, 0.3) is 0 Å². The van der Waals surface area contributed by atoms with Gasteiger partial charge in [0.15, 0.2) is 6.61 Å². The highest BCUT2D eigenvalue weighted by Crippen LogP contribution is 2.22. The lowest BCUT2D eigenvalue weighted by Crippen LogP contribution is -2.39. The fraction of sp³-hybridized carbons (Fsp3) is 0.417. The van der Waals surface area contributed by atoms with Gasteiger partial charge in [-0.3, -0.25) is 0 Å². The van der Waals surface area contributed by atoms with Crippen LogP contribution in [0.25, 0.3) is 0 Å². The van der Waals surface area contributed by atoms with E-state index in [4.69, 9.17) is 9.84 Å². The fourth-order valence-corrected chi connectivity index (χ4v) is 2.98. The zero-order chi connectivity index (χ0) is 13.9. The Morgan fingerprint density at radius 1 is 1.32 bits per heavy atom. The van der Waals surface area contributed by atoms with Crippen LogP contribution in [-0.2, 0) is 14.8 Å². The van der Waals surface area contributed by atoms with Crippen molar-refractivity contribution in [1.29, 1.82) is 0 Å². The van der Waals surface area contributed by atoms with Gasteiger partial charge in [-0.25, -0.2) is 17.9 Å². The van der Waals surface area contributed by atoms with Crippen LogP contribution in [0.2, 0.25) is 0 Å². The van der Waals surface area contributed by atoms with Crippen LogP contribution in [0.1, 0.15) is 19.3 Å². The van der Waals surface area contributed by atoms with Gasteiger partial charge >= 0.3 is 5.97 Å². The number of hydrogen-bond donors (Lipinski definition) is 2. The van der Waals surface area contributed by atoms with Crippen LogP contribution in [0.4, 0.5) is 0 Å². The standard InChI is InChI=1S/C12H15NO5S/c14-12(15)8-18-10-4-6-11(7-5-10)19(16,17)13-9-2-1-3-9/h4-7,9,13H,1-3,8H2,(H,14,15). The number of nitrogens with one attached hydrogen (secondary N) is 1. The Morgan fingerprint density at radius 3 is 2.42 bits per heavy atom. The maximum Gasteiger partial charge on any atom is 0.341 e. The third-order valence-corrected chi connectivity index (χ3v) is 4.46. The van der Waals surface area contributed by atoms with E-state index in [0.717, 1.165) is 19.3 Å². The number of rotatable bonds is 6. The highest BCUT2D eigenvalue weighted by Gasteiger charge is 2.24. The van der Waals surface area contributed by atoms with Gasteiger partial charge in [-0.15, -0.1) is 0 Å². The highest BCUT2D eigenvalue weighted by atomic mass is 32.2. The molecule has 0 aromatic heterocycles. The van der Waals surface area contributed by atoms with Crippen molar-refractivity contribution >= 4 is 16.0 Å². The molecule has 0 unspecified atom stereocenters. The zero-order valence-electron chi connectivity index (χ0n) is 10.2. The van der Waals surface area contributed by atoms with E-state index in [1.165, 1.54) is 24.3 Å². The smallest absolute Gasteiger partial charge is 0.341 e. The quantitative estimate of drug-likeness (QED) is 0.812. The van der Waals surface area contributed by atoms with Crippen molar-refractivity contribution in [3.8, 4) is 5.75 Å². The molecule has 1 aromatic carbocycles. The number of benzene rings is 1. The van der Waals surface area contributed by atoms with E-state index in [2.05, 4.69) is 4.72 Å². The van der Waals surface area contributed by atoms with Gasteiger partial charge in [0, 0.05) is 6.04 Å². The van der Waals surface area contributed by atoms with Crippen molar-refractivity contribution in [3.63, 3.8) is 0 Å². The SMILES string of the molecule is O=C(O)COc1ccc(S(=O)(=O)NC2CCC2)cc1. The van der Waals surface area contributed by atoms with E-state index in [-0.39, 0.29) is 10.9 Å². The molecule has 0 radical (unpaired) electrons. The predicted octanol–water partition coefficient (Wildman–Crippen LogP) is 0.981. The first-order valence-corrected chi connectivity index (χ1v) is 7.43. The van der Waals surface area contributed by atoms with Gasteiger partial charge < -0.3 is 9.84 Å². The molecule has 0 saturated heterocycles. The molecular weight excluding hydrogens is 270 g/mol. The second-order valence-corrected chi connectivity index (χ2v) is 6.12. The average Bonchev–Trinajstić information content (AvgIpc) is 2.32. The summed E-state index contributed by atoms with van der Waals surface area (Å²) in [6.07, 6.45) is 2.80. The minimum atomic E-state index is -3.49. The number of aliphatic carboxylic acids is 1. The summed E-state index contributed by atoms with van der Waals surface area (Å²) in [7, 11) is -3.49. The molecule has 6 nitrogen and oxygen atoms in total. The number of hydrogen-bond acceptors (Lipinski definition) is 4. The molecule has 0 heterocycles. The zero-order valence-corrected chi connectivity index (χ0v) is 11.0. The second-order valence-electron chi connectivity index (χ2n) is 4.40. The number of carbonyl (C=O) groups is 1. The van der Waals surface area contributed by atoms with Crippen LogP contribution in [0.5, 0.6) is 5.75 Å². The van der Waals surface area contributed by atoms with Gasteiger partial charge in [0.1, 0.15) is 5.75 Å². The van der Waals surface area contributed by atoms with E-state index >= 15 is 0 Å². The lowest BCUT2D eigenvalue weighted by Gasteiger charge is -2.26. The summed E-state index contributed by atoms with van der Waals surface area (Å²) in [5.41, 5.74) is 0. The number of carboxylic acids is 1. The Hall–Kier alpha value is -1.60. The normalized spacial score (nSPS) is 15.8. The van der Waals surface area contributed by atoms with Crippen LogP contribution in [0.15, 0.2) is 29.2 Å². The summed E-state index contributed by atoms with van der Waals surface area (Å²) in [5.74, 6) is -0.756. The minimum absolute atomic E-state index is 0.0351. The van der Waals surface area contributed by atoms with Crippen LogP contribution in [0, 0.1) is 0 Å². The molecule has 0 atom stereocenters. The molecule has 0 bridgehead atoms. The molecule has 1 aliphatic rings. The minimum Gasteiger partial charge on any atom is -0.482 e. The van der Waals surface area contributed by atoms with Gasteiger partial charge in [0.2, 0.25) is 10.0 Å². The van der Waals surface area contributed by atoms with E-state index < -0.39 is 22.6 Å². The molecule has 2 N–H and O–H groups in total. The van der Waals surface area contributed by atoms with E-state index in [1.54, 1.807) is 0 Å². The number of carboxylic acid groups (broad SMARTS) is 1. The molecular formula is C12H15NO5S. The van der Waals surface area contributed by atoms with E-state index in [1.807, 2.05) is 0 Å². The number of sulfonamides is 1. The summed E-state index contributed by atoms with van der Waals surface area (Å²) in [6.45, 7) is -0.452. The maximum atomic E-state index is 12.0. The molecule has 2 rings (SSSR count). The Morgan fingerprint density at radius 2 is 1.95 bits per heavy atom. The molecule has 19 heavy (non-hydrogen) atoms. The Labute approximate surface area is 111 Å². The van der Waals surface area contributed by atoms with Crippen molar-refractivity contribution in [2.75, 3.05) is 6.61 Å². The first-order chi connectivity index (χ1) is 8.97. The lowest BCUT2D eigenvalue weighted by atomic mass is 9.94. The molecule has 1 saturated carbocycles. The third kappa shape index (κ3) is 3.68. The molecule has 1 aromatic rings. The van der Waals surface area contributed by atoms with Crippen molar-refractivity contribution in [3.05, 3.63) is 24.3 Å². The van der Waals surface area contributed by atoms with Crippen molar-refractivity contribution in [1.82, 2.24) is 4.72 Å². The van der Waals surface area contributed by atoms with Gasteiger partial charge in [0.05, 0.1) is 4.90 Å². The van der Waals surface area contributed by atoms with Crippen LogP contribution >= 0.6 is 0 Å². The summed E-state index contributed by atoms with van der Waals surface area (Å²) >= 11 is 0. The summed E-state index contributed by atoms with van der Waals surface area (Å²) in [5, 5.41) is 8.46. The molecule has 0 spiro atoms. The van der Waals surface area contributed by atoms with Gasteiger partial charge in [-0.1, -0.05) is 6.42 Å².